The van der Waals surface area contributed by atoms with Gasteiger partial charge in [-0.05, 0) is 24.3 Å². The van der Waals surface area contributed by atoms with Gasteiger partial charge in [0, 0.05) is 22.7 Å². The largest absolute Gasteiger partial charge is 0.301 e. The van der Waals surface area contributed by atoms with E-state index in [0.29, 0.717) is 10.7 Å². The molecule has 1 heterocycles. The number of anilines is 1. The summed E-state index contributed by atoms with van der Waals surface area (Å²) < 4.78 is 1.88. The van der Waals surface area contributed by atoms with Crippen LogP contribution in [0.1, 0.15) is 5.56 Å². The molecule has 1 N–H and O–H groups in total. The molecule has 4 aromatic rings. The summed E-state index contributed by atoms with van der Waals surface area (Å²) in [6.45, 7) is 0. The van der Waals surface area contributed by atoms with Crippen molar-refractivity contribution in [2.24, 2.45) is 5.10 Å². The Morgan fingerprint density at radius 1 is 0.935 bits per heavy atom. The van der Waals surface area contributed by atoms with Crippen LogP contribution < -0.4 is 5.43 Å². The van der Waals surface area contributed by atoms with E-state index in [1.165, 1.54) is 18.3 Å². The smallest absolute Gasteiger partial charge is 0.300 e. The van der Waals surface area contributed by atoms with Gasteiger partial charge in [0.15, 0.2) is 0 Å². The Hall–Kier alpha value is -4.24. The second-order valence-electron chi connectivity index (χ2n) is 6.48. The minimum Gasteiger partial charge on any atom is -0.300 e. The molecule has 1 aromatic heterocycles. The highest BCUT2D eigenvalue weighted by molar-refractivity contribution is 6.34. The predicted molar refractivity (Wildman–Crippen MR) is 119 cm³/mol. The zero-order valence-corrected chi connectivity index (χ0v) is 16.6. The highest BCUT2D eigenvalue weighted by Crippen LogP contribution is 2.32. The van der Waals surface area contributed by atoms with Crippen LogP contribution in [-0.4, -0.2) is 20.6 Å². The van der Waals surface area contributed by atoms with Gasteiger partial charge in [-0.2, -0.15) is 5.10 Å². The van der Waals surface area contributed by atoms with Crippen LogP contribution >= 0.6 is 11.6 Å². The number of para-hydroxylation sites is 2. The number of nitro groups is 2. The number of hydrogen-bond acceptors (Lipinski definition) is 6. The van der Waals surface area contributed by atoms with Gasteiger partial charge in [-0.3, -0.25) is 30.2 Å². The number of hydrogen-bond donors (Lipinski definition) is 1. The first-order chi connectivity index (χ1) is 15.0. The zero-order chi connectivity index (χ0) is 22.0. The van der Waals surface area contributed by atoms with Crippen molar-refractivity contribution in [3.63, 3.8) is 0 Å². The third-order valence-corrected chi connectivity index (χ3v) is 5.01. The Morgan fingerprint density at radius 3 is 2.35 bits per heavy atom. The van der Waals surface area contributed by atoms with Gasteiger partial charge in [-0.1, -0.05) is 48.0 Å². The molecule has 10 heteroatoms. The molecule has 0 saturated carbocycles. The van der Waals surface area contributed by atoms with Gasteiger partial charge in [-0.25, -0.2) is 0 Å². The first-order valence-corrected chi connectivity index (χ1v) is 9.41. The van der Waals surface area contributed by atoms with Gasteiger partial charge in [0.25, 0.3) is 5.69 Å². The molecule has 0 atom stereocenters. The predicted octanol–water partition coefficient (Wildman–Crippen LogP) is 5.55. The van der Waals surface area contributed by atoms with Gasteiger partial charge >= 0.3 is 5.69 Å². The molecular weight excluding hydrogens is 422 g/mol. The topological polar surface area (TPSA) is 116 Å². The normalized spacial score (nSPS) is 11.1. The Bertz CT molecular complexity index is 1330. The number of nitrogens with zero attached hydrogens (tertiary/aromatic N) is 4. The molecule has 9 nitrogen and oxygen atoms in total. The number of aromatic nitrogens is 1. The molecule has 0 bridgehead atoms. The van der Waals surface area contributed by atoms with Crippen LogP contribution in [0.5, 0.6) is 0 Å². The molecule has 4 rings (SSSR count). The monoisotopic (exact) mass is 435 g/mol. The standard InChI is InChI=1S/C21H14ClN5O4/c22-21-17(13-23-24-18-11-10-15(26(28)29)12-20(18)27(30)31)16-8-4-5-9-19(16)25(21)14-6-2-1-3-7-14/h1-13,24H. The van der Waals surface area contributed by atoms with Gasteiger partial charge in [0.05, 0.1) is 27.6 Å². The molecule has 31 heavy (non-hydrogen) atoms. The Balaban J connectivity index is 1.73. The number of hydrazone groups is 1. The van der Waals surface area contributed by atoms with Crippen molar-refractivity contribution in [2.45, 2.75) is 0 Å². The number of rotatable bonds is 6. The lowest BCUT2D eigenvalue weighted by atomic mass is 10.2. The summed E-state index contributed by atoms with van der Waals surface area (Å²) in [5.74, 6) is 0. The van der Waals surface area contributed by atoms with Crippen molar-refractivity contribution in [3.05, 3.63) is 104 Å². The van der Waals surface area contributed by atoms with E-state index in [1.807, 2.05) is 59.2 Å². The van der Waals surface area contributed by atoms with Crippen LogP contribution in [0.25, 0.3) is 16.6 Å². The minimum absolute atomic E-state index is 0.0229. The van der Waals surface area contributed by atoms with Gasteiger partial charge in [0.2, 0.25) is 0 Å². The van der Waals surface area contributed by atoms with Crippen LogP contribution in [0.15, 0.2) is 77.9 Å². The maximum absolute atomic E-state index is 11.3. The highest BCUT2D eigenvalue weighted by atomic mass is 35.5. The summed E-state index contributed by atoms with van der Waals surface area (Å²) in [6.07, 6.45) is 1.47. The third kappa shape index (κ3) is 3.81. The first kappa shape index (κ1) is 20.0. The molecule has 3 aromatic carbocycles. The average Bonchev–Trinajstić information content (AvgIpc) is 3.05. The summed E-state index contributed by atoms with van der Waals surface area (Å²) in [5.41, 5.74) is 4.15. The molecule has 154 valence electrons. The molecule has 0 aliphatic rings. The molecular formula is C21H14ClN5O4. The van der Waals surface area contributed by atoms with Crippen LogP contribution in [0.4, 0.5) is 17.1 Å². The molecule has 0 saturated heterocycles. The van der Waals surface area contributed by atoms with E-state index in [-0.39, 0.29) is 11.4 Å². The van der Waals surface area contributed by atoms with Crippen molar-refractivity contribution in [1.82, 2.24) is 4.57 Å². The molecule has 0 amide bonds. The average molecular weight is 436 g/mol. The minimum atomic E-state index is -0.709. The van der Waals surface area contributed by atoms with E-state index in [9.17, 15) is 20.2 Å². The summed E-state index contributed by atoms with van der Waals surface area (Å²) >= 11 is 6.67. The zero-order valence-electron chi connectivity index (χ0n) is 15.8. The SMILES string of the molecule is O=[N+]([O-])c1ccc(NN=Cc2c(Cl)n(-c3ccccc3)c3ccccc23)c([N+](=O)[O-])c1. The molecule has 0 unspecified atom stereocenters. The van der Waals surface area contributed by atoms with E-state index in [2.05, 4.69) is 10.5 Å². The van der Waals surface area contributed by atoms with Gasteiger partial charge in [0.1, 0.15) is 10.8 Å². The lowest BCUT2D eigenvalue weighted by molar-refractivity contribution is -0.393. The van der Waals surface area contributed by atoms with Crippen LogP contribution in [-0.2, 0) is 0 Å². The van der Waals surface area contributed by atoms with Crippen LogP contribution in [0, 0.1) is 20.2 Å². The Morgan fingerprint density at radius 2 is 1.65 bits per heavy atom. The van der Waals surface area contributed by atoms with E-state index in [0.717, 1.165) is 22.7 Å². The Labute approximate surface area is 180 Å². The molecule has 0 aliphatic carbocycles. The number of fused-ring (bicyclic) bond motifs is 1. The molecule has 0 spiro atoms. The van der Waals surface area contributed by atoms with Crippen LogP contribution in [0.2, 0.25) is 5.15 Å². The number of nitrogens with one attached hydrogen (secondary N) is 1. The summed E-state index contributed by atoms with van der Waals surface area (Å²) in [5, 5.41) is 27.5. The van der Waals surface area contributed by atoms with Gasteiger partial charge < -0.3 is 0 Å². The van der Waals surface area contributed by atoms with E-state index in [1.54, 1.807) is 0 Å². The fraction of sp³-hybridized carbons (Fsp3) is 0. The maximum Gasteiger partial charge on any atom is 0.301 e. The fourth-order valence-corrected chi connectivity index (χ4v) is 3.57. The van der Waals surface area contributed by atoms with E-state index >= 15 is 0 Å². The second-order valence-corrected chi connectivity index (χ2v) is 6.84. The number of non-ortho nitro benzene ring substituents is 1. The van der Waals surface area contributed by atoms with Crippen molar-refractivity contribution in [1.29, 1.82) is 0 Å². The lowest BCUT2D eigenvalue weighted by Gasteiger charge is -2.06. The quantitative estimate of drug-likeness (QED) is 0.242. The number of benzene rings is 3. The van der Waals surface area contributed by atoms with Crippen molar-refractivity contribution in [3.8, 4) is 5.69 Å². The summed E-state index contributed by atoms with van der Waals surface area (Å²) in [7, 11) is 0. The highest BCUT2D eigenvalue weighted by Gasteiger charge is 2.19. The molecule has 0 radical (unpaired) electrons. The maximum atomic E-state index is 11.3. The first-order valence-electron chi connectivity index (χ1n) is 9.03. The van der Waals surface area contributed by atoms with Crippen molar-refractivity contribution >= 4 is 45.8 Å². The Kier molecular flexibility index (Phi) is 5.33. The number of halogens is 1. The number of nitro benzene ring substituents is 2. The third-order valence-electron chi connectivity index (χ3n) is 4.64. The van der Waals surface area contributed by atoms with Crippen LogP contribution in [0.3, 0.4) is 0 Å². The second kappa shape index (κ2) is 8.25. The van der Waals surface area contributed by atoms with E-state index in [4.69, 9.17) is 11.6 Å². The lowest BCUT2D eigenvalue weighted by Crippen LogP contribution is -1.99. The van der Waals surface area contributed by atoms with Gasteiger partial charge in [-0.15, -0.1) is 0 Å². The van der Waals surface area contributed by atoms with E-state index < -0.39 is 15.5 Å². The van der Waals surface area contributed by atoms with Crippen molar-refractivity contribution < 1.29 is 9.85 Å². The van der Waals surface area contributed by atoms with Crippen molar-refractivity contribution in [2.75, 3.05) is 5.43 Å². The molecule has 0 fully saturated rings. The summed E-state index contributed by atoms with van der Waals surface area (Å²) in [6, 6.07) is 20.5. The summed E-state index contributed by atoms with van der Waals surface area (Å²) in [4.78, 5) is 20.8. The molecule has 0 aliphatic heterocycles. The fourth-order valence-electron chi connectivity index (χ4n) is 3.23.